The van der Waals surface area contributed by atoms with E-state index in [9.17, 15) is 4.79 Å². The zero-order valence-electron chi connectivity index (χ0n) is 17.5. The van der Waals surface area contributed by atoms with Crippen LogP contribution < -0.4 is 5.32 Å². The number of carbonyl (C=O) groups is 1. The number of nitrogens with zero attached hydrogens (tertiary/aromatic N) is 3. The highest BCUT2D eigenvalue weighted by Gasteiger charge is 2.43. The second-order valence-electron chi connectivity index (χ2n) is 9.20. The van der Waals surface area contributed by atoms with Gasteiger partial charge in [0.25, 0.3) is 0 Å². The number of aromatic nitrogens is 2. The first-order valence-electron chi connectivity index (χ1n) is 11.1. The van der Waals surface area contributed by atoms with Crippen LogP contribution >= 0.6 is 0 Å². The van der Waals surface area contributed by atoms with E-state index >= 15 is 0 Å². The van der Waals surface area contributed by atoms with Gasteiger partial charge in [0.2, 0.25) is 5.91 Å². The van der Waals surface area contributed by atoms with E-state index in [2.05, 4.69) is 20.4 Å². The van der Waals surface area contributed by atoms with Crippen molar-refractivity contribution in [2.24, 2.45) is 17.8 Å². The van der Waals surface area contributed by atoms with Gasteiger partial charge >= 0.3 is 0 Å². The van der Waals surface area contributed by atoms with Crippen LogP contribution in [0, 0.1) is 17.8 Å². The lowest BCUT2D eigenvalue weighted by Gasteiger charge is -2.38. The van der Waals surface area contributed by atoms with E-state index in [1.165, 1.54) is 12.8 Å². The molecule has 2 aromatic rings. The summed E-state index contributed by atoms with van der Waals surface area (Å²) in [5.41, 5.74) is 1.61. The number of hydrogen-bond donors (Lipinski definition) is 1. The fourth-order valence-electron chi connectivity index (χ4n) is 5.02. The molecule has 1 aliphatic heterocycles. The first-order valence-corrected chi connectivity index (χ1v) is 11.1. The van der Waals surface area contributed by atoms with Crippen molar-refractivity contribution in [1.82, 2.24) is 20.4 Å². The van der Waals surface area contributed by atoms with Gasteiger partial charge < -0.3 is 14.6 Å². The second kappa shape index (κ2) is 8.47. The lowest BCUT2D eigenvalue weighted by molar-refractivity contribution is -0.122. The molecule has 0 radical (unpaired) electrons. The molecule has 3 fully saturated rings. The van der Waals surface area contributed by atoms with Crippen LogP contribution in [-0.4, -0.2) is 52.8 Å². The van der Waals surface area contributed by atoms with Crippen LogP contribution in [-0.2, 0) is 16.1 Å². The van der Waals surface area contributed by atoms with Gasteiger partial charge in [-0.05, 0) is 55.6 Å². The number of nitrogens with one attached hydrogen (secondary N) is 1. The molecule has 3 heterocycles. The van der Waals surface area contributed by atoms with Crippen molar-refractivity contribution in [3.8, 4) is 11.4 Å². The van der Waals surface area contributed by atoms with Crippen molar-refractivity contribution in [2.45, 2.75) is 51.3 Å². The molecule has 30 heavy (non-hydrogen) atoms. The van der Waals surface area contributed by atoms with E-state index in [0.29, 0.717) is 11.8 Å². The second-order valence-corrected chi connectivity index (χ2v) is 9.20. The van der Waals surface area contributed by atoms with Crippen molar-refractivity contribution in [1.29, 1.82) is 0 Å². The molecule has 2 aromatic heterocycles. The van der Waals surface area contributed by atoms with Crippen molar-refractivity contribution in [3.05, 3.63) is 36.2 Å². The normalized spacial score (nSPS) is 29.0. The Morgan fingerprint density at radius 3 is 2.80 bits per heavy atom. The number of amides is 1. The third-order valence-electron chi connectivity index (χ3n) is 6.69. The van der Waals surface area contributed by atoms with Crippen LogP contribution in [0.4, 0.5) is 0 Å². The monoisotopic (exact) mass is 410 g/mol. The summed E-state index contributed by atoms with van der Waals surface area (Å²) in [4.78, 5) is 18.5. The summed E-state index contributed by atoms with van der Waals surface area (Å²) in [7, 11) is 0. The molecule has 1 amide bonds. The van der Waals surface area contributed by atoms with Crippen molar-refractivity contribution >= 4 is 5.91 Å². The molecule has 5 rings (SSSR count). The molecule has 1 saturated heterocycles. The lowest BCUT2D eigenvalue weighted by atomic mass is 9.77. The summed E-state index contributed by atoms with van der Waals surface area (Å²) in [6.07, 6.45) is 6.49. The maximum absolute atomic E-state index is 11.7. The van der Waals surface area contributed by atoms with E-state index in [1.54, 1.807) is 13.1 Å². The van der Waals surface area contributed by atoms with Gasteiger partial charge in [-0.25, -0.2) is 0 Å². The Kier molecular flexibility index (Phi) is 5.56. The Morgan fingerprint density at radius 2 is 2.07 bits per heavy atom. The summed E-state index contributed by atoms with van der Waals surface area (Å²) < 4.78 is 11.9. The molecule has 4 atom stereocenters. The fourth-order valence-corrected chi connectivity index (χ4v) is 5.02. The summed E-state index contributed by atoms with van der Waals surface area (Å²) in [6.45, 7) is 5.27. The van der Waals surface area contributed by atoms with Crippen LogP contribution in [0.15, 0.2) is 35.0 Å². The lowest BCUT2D eigenvalue weighted by Crippen LogP contribution is -2.50. The number of pyridine rings is 1. The van der Waals surface area contributed by atoms with Crippen molar-refractivity contribution in [2.75, 3.05) is 19.7 Å². The predicted octanol–water partition coefficient (Wildman–Crippen LogP) is 2.88. The third kappa shape index (κ3) is 4.57. The van der Waals surface area contributed by atoms with Crippen LogP contribution in [0.2, 0.25) is 0 Å². The molecular weight excluding hydrogens is 380 g/mol. The van der Waals surface area contributed by atoms with Crippen LogP contribution in [0.3, 0.4) is 0 Å². The van der Waals surface area contributed by atoms with Crippen LogP contribution in [0.25, 0.3) is 11.4 Å². The summed E-state index contributed by atoms with van der Waals surface area (Å²) in [5.74, 6) is 2.84. The Bertz CT molecular complexity index is 866. The molecule has 0 bridgehead atoms. The van der Waals surface area contributed by atoms with Gasteiger partial charge in [-0.1, -0.05) is 11.2 Å². The Hall–Kier alpha value is -2.25. The maximum atomic E-state index is 11.7. The average molecular weight is 411 g/mol. The quantitative estimate of drug-likeness (QED) is 0.756. The molecule has 7 heteroatoms. The Balaban J connectivity index is 1.21. The molecule has 2 aliphatic carbocycles. The standard InChI is InChI=1S/C23H30N4O3/c1-15(28)25-22-8-17-11-27(12-18(17)9-23(22)29-14-16-5-6-16)13-19-10-21(26-30-19)20-4-2-3-7-24-20/h2-4,7,10,16-18,22-23H,5-6,8-9,11-14H2,1H3,(H,25,28)/t17-,18+,22-,23-/m1/s1. The minimum absolute atomic E-state index is 0.0389. The number of rotatable bonds is 7. The number of hydrogen-bond acceptors (Lipinski definition) is 6. The predicted molar refractivity (Wildman–Crippen MR) is 111 cm³/mol. The van der Waals surface area contributed by atoms with Gasteiger partial charge in [-0.15, -0.1) is 0 Å². The summed E-state index contributed by atoms with van der Waals surface area (Å²) in [5, 5.41) is 7.35. The first kappa shape index (κ1) is 19.7. The SMILES string of the molecule is CC(=O)N[C@@H]1C[C@@H]2CN(Cc3cc(-c4ccccn4)no3)C[C@@H]2C[C@H]1OCC1CC1. The molecule has 1 N–H and O–H groups in total. The highest BCUT2D eigenvalue weighted by molar-refractivity contribution is 5.73. The number of ether oxygens (including phenoxy) is 1. The Morgan fingerprint density at radius 1 is 1.23 bits per heavy atom. The highest BCUT2D eigenvalue weighted by Crippen LogP contribution is 2.39. The molecular formula is C23H30N4O3. The van der Waals surface area contributed by atoms with Crippen LogP contribution in [0.5, 0.6) is 0 Å². The van der Waals surface area contributed by atoms with Gasteiger partial charge in [-0.2, -0.15) is 0 Å². The molecule has 0 unspecified atom stereocenters. The van der Waals surface area contributed by atoms with Gasteiger partial charge in [0, 0.05) is 38.9 Å². The molecule has 160 valence electrons. The van der Waals surface area contributed by atoms with E-state index in [1.807, 2.05) is 24.3 Å². The Labute approximate surface area is 177 Å². The van der Waals surface area contributed by atoms with Crippen molar-refractivity contribution in [3.63, 3.8) is 0 Å². The zero-order valence-corrected chi connectivity index (χ0v) is 17.5. The maximum Gasteiger partial charge on any atom is 0.217 e. The van der Waals surface area contributed by atoms with Crippen molar-refractivity contribution < 1.29 is 14.1 Å². The zero-order chi connectivity index (χ0) is 20.5. The smallest absolute Gasteiger partial charge is 0.217 e. The summed E-state index contributed by atoms with van der Waals surface area (Å²) in [6, 6.07) is 7.91. The fraction of sp³-hybridized carbons (Fsp3) is 0.609. The van der Waals surface area contributed by atoms with Gasteiger partial charge in [0.05, 0.1) is 24.4 Å². The molecule has 3 aliphatic rings. The number of likely N-dealkylation sites (tertiary alicyclic amines) is 1. The number of fused-ring (bicyclic) bond motifs is 1. The molecule has 7 nitrogen and oxygen atoms in total. The van der Waals surface area contributed by atoms with E-state index in [0.717, 1.165) is 62.1 Å². The summed E-state index contributed by atoms with van der Waals surface area (Å²) >= 11 is 0. The molecule has 0 spiro atoms. The molecule has 2 saturated carbocycles. The first-order chi connectivity index (χ1) is 14.6. The molecule has 0 aromatic carbocycles. The van der Waals surface area contributed by atoms with Gasteiger partial charge in [0.1, 0.15) is 5.69 Å². The van der Waals surface area contributed by atoms with Gasteiger partial charge in [0.15, 0.2) is 5.76 Å². The van der Waals surface area contributed by atoms with Crippen LogP contribution in [0.1, 0.15) is 38.4 Å². The average Bonchev–Trinajstić information content (AvgIpc) is 3.31. The minimum atomic E-state index is 0.0389. The number of carbonyl (C=O) groups excluding carboxylic acids is 1. The highest BCUT2D eigenvalue weighted by atomic mass is 16.5. The third-order valence-corrected chi connectivity index (χ3v) is 6.69. The van der Waals surface area contributed by atoms with E-state index < -0.39 is 0 Å². The van der Waals surface area contributed by atoms with E-state index in [4.69, 9.17) is 9.26 Å². The topological polar surface area (TPSA) is 80.5 Å². The minimum Gasteiger partial charge on any atom is -0.376 e. The van der Waals surface area contributed by atoms with E-state index in [-0.39, 0.29) is 18.1 Å². The van der Waals surface area contributed by atoms with Gasteiger partial charge in [-0.3, -0.25) is 14.7 Å². The largest absolute Gasteiger partial charge is 0.376 e.